The van der Waals surface area contributed by atoms with E-state index in [1.165, 1.54) is 6.07 Å². The average Bonchev–Trinajstić information content (AvgIpc) is 2.45. The average molecular weight is 286 g/mol. The number of rotatable bonds is 3. The molecule has 0 aromatic heterocycles. The summed E-state index contributed by atoms with van der Waals surface area (Å²) < 4.78 is 14.1. The smallest absolute Gasteiger partial charge is 0.131 e. The van der Waals surface area contributed by atoms with Gasteiger partial charge < -0.3 is 5.11 Å². The van der Waals surface area contributed by atoms with Crippen molar-refractivity contribution in [1.29, 1.82) is 0 Å². The molecule has 0 saturated heterocycles. The molecule has 2 aromatic rings. The summed E-state index contributed by atoms with van der Waals surface area (Å²) in [6.07, 6.45) is 0.250. The highest BCUT2D eigenvalue weighted by molar-refractivity contribution is 5.69. The highest BCUT2D eigenvalue weighted by Crippen LogP contribution is 2.39. The van der Waals surface area contributed by atoms with Crippen LogP contribution in [0.15, 0.2) is 42.5 Å². The van der Waals surface area contributed by atoms with Crippen LogP contribution in [0.3, 0.4) is 0 Å². The normalized spacial score (nSPS) is 13.2. The van der Waals surface area contributed by atoms with E-state index in [1.54, 1.807) is 12.1 Å². The lowest BCUT2D eigenvalue weighted by atomic mass is 9.81. The van der Waals surface area contributed by atoms with Gasteiger partial charge in [0.05, 0.1) is 6.10 Å². The molecule has 0 fully saturated rings. The Balaban J connectivity index is 2.64. The summed E-state index contributed by atoms with van der Waals surface area (Å²) in [6, 6.07) is 12.6. The third kappa shape index (κ3) is 3.33. The highest BCUT2D eigenvalue weighted by atomic mass is 19.1. The number of aliphatic hydroxyl groups excluding tert-OH is 1. The van der Waals surface area contributed by atoms with E-state index >= 15 is 0 Å². The van der Waals surface area contributed by atoms with Crippen molar-refractivity contribution in [3.63, 3.8) is 0 Å². The minimum Gasteiger partial charge on any atom is -0.388 e. The molecule has 0 aliphatic rings. The van der Waals surface area contributed by atoms with Crippen LogP contribution >= 0.6 is 0 Å². The molecule has 0 aliphatic carbocycles. The lowest BCUT2D eigenvalue weighted by Gasteiger charge is -2.28. The van der Waals surface area contributed by atoms with Crippen molar-refractivity contribution < 1.29 is 9.50 Å². The first-order valence-corrected chi connectivity index (χ1v) is 7.40. The monoisotopic (exact) mass is 286 g/mol. The van der Waals surface area contributed by atoms with Crippen LogP contribution in [-0.4, -0.2) is 5.11 Å². The minimum absolute atomic E-state index is 0.260. The Kier molecular flexibility index (Phi) is 4.48. The van der Waals surface area contributed by atoms with Crippen LogP contribution < -0.4 is 0 Å². The highest BCUT2D eigenvalue weighted by Gasteiger charge is 2.27. The maximum atomic E-state index is 14.1. The van der Waals surface area contributed by atoms with Crippen molar-refractivity contribution in [3.8, 4) is 11.1 Å². The lowest BCUT2D eigenvalue weighted by Crippen LogP contribution is -2.19. The van der Waals surface area contributed by atoms with Crippen molar-refractivity contribution in [3.05, 3.63) is 59.4 Å². The molecule has 1 N–H and O–H groups in total. The second-order valence-corrected chi connectivity index (χ2v) is 6.52. The summed E-state index contributed by atoms with van der Waals surface area (Å²) >= 11 is 0. The Bertz CT molecular complexity index is 626. The fraction of sp³-hybridized carbons (Fsp3) is 0.368. The van der Waals surface area contributed by atoms with Gasteiger partial charge >= 0.3 is 0 Å². The van der Waals surface area contributed by atoms with Gasteiger partial charge in [0.1, 0.15) is 5.82 Å². The first kappa shape index (κ1) is 15.7. The first-order chi connectivity index (χ1) is 9.84. The van der Waals surface area contributed by atoms with Gasteiger partial charge in [-0.3, -0.25) is 0 Å². The van der Waals surface area contributed by atoms with Gasteiger partial charge in [0, 0.05) is 5.56 Å². The molecule has 1 atom stereocenters. The Morgan fingerprint density at radius 3 is 2.29 bits per heavy atom. The second-order valence-electron chi connectivity index (χ2n) is 6.52. The maximum Gasteiger partial charge on any atom is 0.131 e. The Morgan fingerprint density at radius 2 is 1.71 bits per heavy atom. The molecule has 2 rings (SSSR count). The molecule has 0 amide bonds. The Morgan fingerprint density at radius 1 is 1.05 bits per heavy atom. The van der Waals surface area contributed by atoms with Gasteiger partial charge in [0.2, 0.25) is 0 Å². The van der Waals surface area contributed by atoms with Crippen LogP contribution in [0.2, 0.25) is 0 Å². The van der Waals surface area contributed by atoms with Crippen molar-refractivity contribution >= 4 is 0 Å². The van der Waals surface area contributed by atoms with E-state index in [9.17, 15) is 9.50 Å². The number of hydrogen-bond acceptors (Lipinski definition) is 1. The Hall–Kier alpha value is -1.67. The summed E-state index contributed by atoms with van der Waals surface area (Å²) in [5, 5.41) is 10.7. The number of halogens is 1. The van der Waals surface area contributed by atoms with Crippen molar-refractivity contribution in [2.45, 2.75) is 40.2 Å². The standard InChI is InChI=1S/C19H23FO/c1-5-13-10-11-14(15-8-6-7-9-17(15)20)16(12-13)18(21)19(2,3)4/h6-12,18,21H,5H2,1-4H3. The van der Waals surface area contributed by atoms with E-state index in [0.717, 1.165) is 23.1 Å². The lowest BCUT2D eigenvalue weighted by molar-refractivity contribution is 0.0631. The number of benzene rings is 2. The van der Waals surface area contributed by atoms with Crippen LogP contribution in [0.5, 0.6) is 0 Å². The van der Waals surface area contributed by atoms with Crippen molar-refractivity contribution in [1.82, 2.24) is 0 Å². The third-order valence-electron chi connectivity index (χ3n) is 3.80. The van der Waals surface area contributed by atoms with E-state index < -0.39 is 6.10 Å². The summed E-state index contributed by atoms with van der Waals surface area (Å²) in [6.45, 7) is 8.04. The predicted molar refractivity (Wildman–Crippen MR) is 85.6 cm³/mol. The van der Waals surface area contributed by atoms with Gasteiger partial charge in [-0.05, 0) is 34.6 Å². The number of aryl methyl sites for hydroxylation is 1. The summed E-state index contributed by atoms with van der Waals surface area (Å²) in [5.41, 5.74) is 2.96. The molecule has 0 heterocycles. The fourth-order valence-electron chi connectivity index (χ4n) is 2.45. The van der Waals surface area contributed by atoms with E-state index in [4.69, 9.17) is 0 Å². The molecule has 112 valence electrons. The van der Waals surface area contributed by atoms with Gasteiger partial charge in [-0.15, -0.1) is 0 Å². The molecule has 2 aromatic carbocycles. The van der Waals surface area contributed by atoms with Gasteiger partial charge in [-0.1, -0.05) is 64.1 Å². The van der Waals surface area contributed by atoms with Gasteiger partial charge in [-0.25, -0.2) is 4.39 Å². The molecule has 0 spiro atoms. The summed E-state index contributed by atoms with van der Waals surface area (Å²) in [5.74, 6) is -0.260. The third-order valence-corrected chi connectivity index (χ3v) is 3.80. The SMILES string of the molecule is CCc1ccc(-c2ccccc2F)c(C(O)C(C)(C)C)c1. The van der Waals surface area contributed by atoms with Crippen molar-refractivity contribution in [2.24, 2.45) is 5.41 Å². The summed E-state index contributed by atoms with van der Waals surface area (Å²) in [4.78, 5) is 0. The van der Waals surface area contributed by atoms with Crippen molar-refractivity contribution in [2.75, 3.05) is 0 Å². The van der Waals surface area contributed by atoms with Gasteiger partial charge in [0.25, 0.3) is 0 Å². The second kappa shape index (κ2) is 5.98. The molecular formula is C19H23FO. The van der Waals surface area contributed by atoms with Crippen LogP contribution in [0.4, 0.5) is 4.39 Å². The zero-order chi connectivity index (χ0) is 15.6. The molecule has 21 heavy (non-hydrogen) atoms. The number of hydrogen-bond donors (Lipinski definition) is 1. The first-order valence-electron chi connectivity index (χ1n) is 7.40. The summed E-state index contributed by atoms with van der Waals surface area (Å²) in [7, 11) is 0. The van der Waals surface area contributed by atoms with E-state index in [1.807, 2.05) is 45.0 Å². The molecule has 0 aliphatic heterocycles. The molecule has 2 heteroatoms. The molecule has 0 saturated carbocycles. The van der Waals surface area contributed by atoms with Gasteiger partial charge in [0.15, 0.2) is 0 Å². The van der Waals surface area contributed by atoms with Crippen LogP contribution in [-0.2, 0) is 6.42 Å². The number of aliphatic hydroxyl groups is 1. The van der Waals surface area contributed by atoms with Crippen LogP contribution in [0.1, 0.15) is 44.9 Å². The fourth-order valence-corrected chi connectivity index (χ4v) is 2.45. The Labute approximate surface area is 126 Å². The molecule has 1 nitrogen and oxygen atoms in total. The van der Waals surface area contributed by atoms with E-state index in [2.05, 4.69) is 6.92 Å². The molecule has 0 radical (unpaired) electrons. The zero-order valence-electron chi connectivity index (χ0n) is 13.2. The molecular weight excluding hydrogens is 263 g/mol. The largest absolute Gasteiger partial charge is 0.388 e. The predicted octanol–water partition coefficient (Wildman–Crippen LogP) is 5.13. The molecule has 1 unspecified atom stereocenters. The molecule has 0 bridgehead atoms. The zero-order valence-corrected chi connectivity index (χ0v) is 13.2. The quantitative estimate of drug-likeness (QED) is 0.828. The van der Waals surface area contributed by atoms with Crippen LogP contribution in [0.25, 0.3) is 11.1 Å². The minimum atomic E-state index is -0.640. The van der Waals surface area contributed by atoms with Crippen LogP contribution in [0, 0.1) is 11.2 Å². The van der Waals surface area contributed by atoms with E-state index in [-0.39, 0.29) is 11.2 Å². The van der Waals surface area contributed by atoms with E-state index in [0.29, 0.717) is 5.56 Å². The topological polar surface area (TPSA) is 20.2 Å². The maximum absolute atomic E-state index is 14.1. The van der Waals surface area contributed by atoms with Gasteiger partial charge in [-0.2, -0.15) is 0 Å².